The maximum Gasteiger partial charge on any atom is 0.123 e. The Morgan fingerprint density at radius 3 is 2.44 bits per heavy atom. The van der Waals surface area contributed by atoms with Gasteiger partial charge in [-0.05, 0) is 48.2 Å². The van der Waals surface area contributed by atoms with Crippen LogP contribution in [-0.2, 0) is 6.42 Å². The molecule has 1 unspecified atom stereocenters. The summed E-state index contributed by atoms with van der Waals surface area (Å²) < 4.78 is 14.0. The van der Waals surface area contributed by atoms with Gasteiger partial charge in [-0.15, -0.1) is 0 Å². The van der Waals surface area contributed by atoms with Crippen molar-refractivity contribution in [3.8, 4) is 0 Å². The van der Waals surface area contributed by atoms with Gasteiger partial charge in [0.05, 0.1) is 0 Å². The average molecular weight is 372 g/mol. The lowest BCUT2D eigenvalue weighted by molar-refractivity contribution is 0.627. The number of halogens is 3. The zero-order valence-electron chi connectivity index (χ0n) is 9.96. The van der Waals surface area contributed by atoms with Gasteiger partial charge in [0.25, 0.3) is 0 Å². The third-order valence-corrected chi connectivity index (χ3v) is 4.65. The topological polar surface area (TPSA) is 0 Å². The van der Waals surface area contributed by atoms with E-state index in [0.717, 1.165) is 16.5 Å². The summed E-state index contributed by atoms with van der Waals surface area (Å²) in [5.74, 6) is -0.191. The van der Waals surface area contributed by atoms with Crippen molar-refractivity contribution >= 4 is 31.9 Å². The maximum absolute atomic E-state index is 12.8. The summed E-state index contributed by atoms with van der Waals surface area (Å²) in [5, 5.41) is 0. The van der Waals surface area contributed by atoms with Crippen molar-refractivity contribution in [3.05, 3.63) is 69.4 Å². The Labute approximate surface area is 123 Å². The fraction of sp³-hybridized carbons (Fsp3) is 0.200. The molecule has 0 N–H and O–H groups in total. The first-order chi connectivity index (χ1) is 8.58. The molecule has 0 aromatic heterocycles. The van der Waals surface area contributed by atoms with Crippen LogP contribution in [0.3, 0.4) is 0 Å². The molecule has 0 heterocycles. The highest BCUT2D eigenvalue weighted by Crippen LogP contribution is 2.32. The Hall–Kier alpha value is -0.670. The van der Waals surface area contributed by atoms with Gasteiger partial charge in [-0.2, -0.15) is 0 Å². The Bertz CT molecular complexity index is 535. The van der Waals surface area contributed by atoms with Crippen LogP contribution in [0, 0.1) is 12.7 Å². The first kappa shape index (κ1) is 13.8. The normalized spacial score (nSPS) is 12.4. The van der Waals surface area contributed by atoms with Gasteiger partial charge in [0, 0.05) is 9.30 Å². The van der Waals surface area contributed by atoms with E-state index < -0.39 is 0 Å². The largest absolute Gasteiger partial charge is 0.207 e. The summed E-state index contributed by atoms with van der Waals surface area (Å²) in [5.41, 5.74) is 3.62. The first-order valence-electron chi connectivity index (χ1n) is 5.71. The van der Waals surface area contributed by atoms with Gasteiger partial charge in [-0.25, -0.2) is 4.39 Å². The summed E-state index contributed by atoms with van der Waals surface area (Å²) in [7, 11) is 0. The fourth-order valence-corrected chi connectivity index (χ4v) is 3.15. The van der Waals surface area contributed by atoms with Gasteiger partial charge in [0.2, 0.25) is 0 Å². The van der Waals surface area contributed by atoms with E-state index in [0.29, 0.717) is 0 Å². The standard InChI is InChI=1S/C15H13Br2F/c1-10-13(3-2-4-14(10)16)15(17)9-11-5-7-12(18)8-6-11/h2-8,15H,9H2,1H3. The van der Waals surface area contributed by atoms with Crippen LogP contribution >= 0.6 is 31.9 Å². The molecule has 0 aliphatic carbocycles. The molecule has 94 valence electrons. The highest BCUT2D eigenvalue weighted by Gasteiger charge is 2.12. The molecule has 0 fully saturated rings. The van der Waals surface area contributed by atoms with Crippen LogP contribution in [0.1, 0.15) is 21.5 Å². The Morgan fingerprint density at radius 1 is 1.11 bits per heavy atom. The van der Waals surface area contributed by atoms with Gasteiger partial charge in [0.15, 0.2) is 0 Å². The first-order valence-corrected chi connectivity index (χ1v) is 7.42. The number of rotatable bonds is 3. The molecule has 0 radical (unpaired) electrons. The second-order valence-electron chi connectivity index (χ2n) is 4.25. The lowest BCUT2D eigenvalue weighted by Gasteiger charge is -2.14. The van der Waals surface area contributed by atoms with Crippen molar-refractivity contribution in [1.82, 2.24) is 0 Å². The van der Waals surface area contributed by atoms with E-state index in [9.17, 15) is 4.39 Å². The molecule has 0 aliphatic heterocycles. The molecule has 2 rings (SSSR count). The van der Waals surface area contributed by atoms with E-state index in [2.05, 4.69) is 44.8 Å². The van der Waals surface area contributed by atoms with E-state index in [-0.39, 0.29) is 10.6 Å². The van der Waals surface area contributed by atoms with Crippen LogP contribution in [0.15, 0.2) is 46.9 Å². The Balaban J connectivity index is 2.19. The van der Waals surface area contributed by atoms with Gasteiger partial charge >= 0.3 is 0 Å². The van der Waals surface area contributed by atoms with Crippen molar-refractivity contribution in [2.24, 2.45) is 0 Å². The third kappa shape index (κ3) is 3.21. The predicted molar refractivity (Wildman–Crippen MR) is 80.7 cm³/mol. The molecule has 0 bridgehead atoms. The minimum absolute atomic E-state index is 0.191. The van der Waals surface area contributed by atoms with Gasteiger partial charge in [0.1, 0.15) is 5.82 Å². The van der Waals surface area contributed by atoms with E-state index in [1.54, 1.807) is 0 Å². The monoisotopic (exact) mass is 370 g/mol. The third-order valence-electron chi connectivity index (χ3n) is 2.98. The van der Waals surface area contributed by atoms with Crippen molar-refractivity contribution in [1.29, 1.82) is 0 Å². The molecular weight excluding hydrogens is 359 g/mol. The summed E-state index contributed by atoms with van der Waals surface area (Å²) in [4.78, 5) is 0.237. The molecule has 1 atom stereocenters. The van der Waals surface area contributed by atoms with Gasteiger partial charge < -0.3 is 0 Å². The molecule has 0 aliphatic rings. The van der Waals surface area contributed by atoms with Crippen molar-refractivity contribution in [3.63, 3.8) is 0 Å². The molecule has 0 amide bonds. The molecule has 0 saturated heterocycles. The fourth-order valence-electron chi connectivity index (χ4n) is 1.90. The lowest BCUT2D eigenvalue weighted by Crippen LogP contribution is -1.98. The zero-order chi connectivity index (χ0) is 13.1. The molecule has 0 spiro atoms. The average Bonchev–Trinajstić information content (AvgIpc) is 2.35. The number of hydrogen-bond donors (Lipinski definition) is 0. The molecule has 2 aromatic carbocycles. The highest BCUT2D eigenvalue weighted by molar-refractivity contribution is 9.10. The molecular formula is C15H13Br2F. The van der Waals surface area contributed by atoms with Crippen LogP contribution in [0.2, 0.25) is 0 Å². The minimum atomic E-state index is -0.191. The number of benzene rings is 2. The second kappa shape index (κ2) is 5.98. The summed E-state index contributed by atoms with van der Waals surface area (Å²) in [6.07, 6.45) is 0.845. The molecule has 0 nitrogen and oxygen atoms in total. The van der Waals surface area contributed by atoms with Crippen molar-refractivity contribution < 1.29 is 4.39 Å². The predicted octanol–water partition coefficient (Wildman–Crippen LogP) is 5.58. The van der Waals surface area contributed by atoms with Crippen molar-refractivity contribution in [2.75, 3.05) is 0 Å². The molecule has 3 heteroatoms. The van der Waals surface area contributed by atoms with E-state index in [1.807, 2.05) is 24.3 Å². The van der Waals surface area contributed by atoms with Crippen LogP contribution in [0.25, 0.3) is 0 Å². The molecule has 0 saturated carbocycles. The molecule has 18 heavy (non-hydrogen) atoms. The molecule has 2 aromatic rings. The Kier molecular flexibility index (Phi) is 4.57. The van der Waals surface area contributed by atoms with E-state index in [1.165, 1.54) is 23.3 Å². The lowest BCUT2D eigenvalue weighted by atomic mass is 10.0. The summed E-state index contributed by atoms with van der Waals surface area (Å²) in [6, 6.07) is 12.9. The maximum atomic E-state index is 12.8. The second-order valence-corrected chi connectivity index (χ2v) is 6.21. The quantitative estimate of drug-likeness (QED) is 0.618. The minimum Gasteiger partial charge on any atom is -0.207 e. The summed E-state index contributed by atoms with van der Waals surface area (Å²) >= 11 is 7.25. The van der Waals surface area contributed by atoms with Crippen molar-refractivity contribution in [2.45, 2.75) is 18.2 Å². The van der Waals surface area contributed by atoms with Crippen LogP contribution < -0.4 is 0 Å². The SMILES string of the molecule is Cc1c(Br)cccc1C(Br)Cc1ccc(F)cc1. The van der Waals surface area contributed by atoms with E-state index >= 15 is 0 Å². The van der Waals surface area contributed by atoms with E-state index in [4.69, 9.17) is 0 Å². The van der Waals surface area contributed by atoms with Crippen LogP contribution in [0.4, 0.5) is 4.39 Å². The number of alkyl halides is 1. The van der Waals surface area contributed by atoms with Gasteiger partial charge in [-0.3, -0.25) is 0 Å². The zero-order valence-corrected chi connectivity index (χ0v) is 13.1. The number of hydrogen-bond acceptors (Lipinski definition) is 0. The Morgan fingerprint density at radius 2 is 1.78 bits per heavy atom. The van der Waals surface area contributed by atoms with Gasteiger partial charge in [-0.1, -0.05) is 56.1 Å². The smallest absolute Gasteiger partial charge is 0.123 e. The van der Waals surface area contributed by atoms with Crippen LogP contribution in [0.5, 0.6) is 0 Å². The summed E-state index contributed by atoms with van der Waals surface area (Å²) in [6.45, 7) is 2.10. The van der Waals surface area contributed by atoms with Crippen LogP contribution in [-0.4, -0.2) is 0 Å². The highest BCUT2D eigenvalue weighted by atomic mass is 79.9.